The summed E-state index contributed by atoms with van der Waals surface area (Å²) in [5.41, 5.74) is 0.650. The van der Waals surface area contributed by atoms with Gasteiger partial charge in [-0.15, -0.1) is 0 Å². The summed E-state index contributed by atoms with van der Waals surface area (Å²) >= 11 is 5.32. The van der Waals surface area contributed by atoms with E-state index in [0.717, 1.165) is 48.1 Å². The van der Waals surface area contributed by atoms with Gasteiger partial charge in [-0.25, -0.2) is 0 Å². The van der Waals surface area contributed by atoms with Crippen LogP contribution in [0.2, 0.25) is 0 Å². The summed E-state index contributed by atoms with van der Waals surface area (Å²) in [4.78, 5) is 11.0. The van der Waals surface area contributed by atoms with Crippen molar-refractivity contribution in [2.24, 2.45) is 0 Å². The highest BCUT2D eigenvalue weighted by atomic mass is 79.9. The second-order valence-corrected chi connectivity index (χ2v) is 7.33. The van der Waals surface area contributed by atoms with Crippen molar-refractivity contribution in [3.05, 3.63) is 28.2 Å². The number of rotatable bonds is 3. The third-order valence-electron chi connectivity index (χ3n) is 3.91. The van der Waals surface area contributed by atoms with Crippen LogP contribution in [-0.2, 0) is 4.74 Å². The topological polar surface area (TPSA) is 35.5 Å². The van der Waals surface area contributed by atoms with Crippen LogP contribution in [0.4, 0.5) is 0 Å². The summed E-state index contributed by atoms with van der Waals surface area (Å²) in [6.07, 6.45) is 4.02. The van der Waals surface area contributed by atoms with Gasteiger partial charge in [0, 0.05) is 28.6 Å². The normalized spacial score (nSPS) is 29.6. The third kappa shape index (κ3) is 3.05. The summed E-state index contributed by atoms with van der Waals surface area (Å²) in [7, 11) is 0. The number of aldehydes is 1. The molecular weight excluding hydrogens is 340 g/mol. The molecule has 20 heavy (non-hydrogen) atoms. The van der Waals surface area contributed by atoms with Crippen LogP contribution in [0.25, 0.3) is 0 Å². The predicted molar refractivity (Wildman–Crippen MR) is 83.8 cm³/mol. The molecule has 1 aromatic carbocycles. The van der Waals surface area contributed by atoms with Crippen molar-refractivity contribution in [2.75, 3.05) is 18.1 Å². The van der Waals surface area contributed by atoms with Gasteiger partial charge in [0.1, 0.15) is 11.9 Å². The Balaban J connectivity index is 1.69. The third-order valence-corrected chi connectivity index (χ3v) is 5.86. The highest BCUT2D eigenvalue weighted by Crippen LogP contribution is 2.39. The molecule has 3 nitrogen and oxygen atoms in total. The molecule has 1 aromatic rings. The van der Waals surface area contributed by atoms with Crippen LogP contribution in [0.15, 0.2) is 22.7 Å². The summed E-state index contributed by atoms with van der Waals surface area (Å²) < 4.78 is 12.9. The first-order chi connectivity index (χ1) is 9.71. The molecule has 0 bridgehead atoms. The molecule has 0 amide bonds. The zero-order valence-corrected chi connectivity index (χ0v) is 13.5. The Morgan fingerprint density at radius 1 is 1.50 bits per heavy atom. The smallest absolute Gasteiger partial charge is 0.151 e. The minimum atomic E-state index is 0.0242. The molecule has 2 atom stereocenters. The van der Waals surface area contributed by atoms with E-state index >= 15 is 0 Å². The van der Waals surface area contributed by atoms with Gasteiger partial charge in [0.2, 0.25) is 0 Å². The largest absolute Gasteiger partial charge is 0.490 e. The van der Waals surface area contributed by atoms with Crippen molar-refractivity contribution in [1.29, 1.82) is 0 Å². The number of hydrogen-bond donors (Lipinski definition) is 0. The van der Waals surface area contributed by atoms with Crippen molar-refractivity contribution in [3.63, 3.8) is 0 Å². The number of thioether (sulfide) groups is 1. The van der Waals surface area contributed by atoms with Crippen LogP contribution in [0.1, 0.15) is 29.6 Å². The zero-order valence-electron chi connectivity index (χ0n) is 11.1. The quantitative estimate of drug-likeness (QED) is 0.773. The van der Waals surface area contributed by atoms with Crippen LogP contribution in [-0.4, -0.2) is 36.1 Å². The lowest BCUT2D eigenvalue weighted by atomic mass is 9.91. The van der Waals surface area contributed by atoms with Crippen LogP contribution in [0.5, 0.6) is 5.75 Å². The van der Waals surface area contributed by atoms with Gasteiger partial charge >= 0.3 is 0 Å². The Labute approximate surface area is 131 Å². The fourth-order valence-corrected chi connectivity index (χ4v) is 4.54. The van der Waals surface area contributed by atoms with Crippen LogP contribution >= 0.6 is 27.7 Å². The van der Waals surface area contributed by atoms with E-state index in [4.69, 9.17) is 9.47 Å². The Bertz CT molecular complexity index is 500. The van der Waals surface area contributed by atoms with Crippen molar-refractivity contribution >= 4 is 34.0 Å². The molecule has 2 unspecified atom stereocenters. The number of ether oxygens (including phenoxy) is 2. The molecule has 2 aliphatic heterocycles. The van der Waals surface area contributed by atoms with Gasteiger partial charge in [-0.2, -0.15) is 11.8 Å². The Kier molecular flexibility index (Phi) is 4.38. The minimum absolute atomic E-state index is 0.0242. The lowest BCUT2D eigenvalue weighted by Gasteiger charge is -2.37. The van der Waals surface area contributed by atoms with Gasteiger partial charge in [0.15, 0.2) is 6.29 Å². The first-order valence-electron chi connectivity index (χ1n) is 6.84. The van der Waals surface area contributed by atoms with Crippen LogP contribution < -0.4 is 4.74 Å². The molecule has 0 aromatic heterocycles. The second-order valence-electron chi connectivity index (χ2n) is 5.37. The molecule has 0 N–H and O–H groups in total. The molecule has 108 valence electrons. The first-order valence-corrected chi connectivity index (χ1v) is 8.79. The summed E-state index contributed by atoms with van der Waals surface area (Å²) in [6, 6.07) is 5.56. The fourth-order valence-electron chi connectivity index (χ4n) is 2.82. The van der Waals surface area contributed by atoms with E-state index in [1.54, 1.807) is 6.07 Å². The average molecular weight is 357 g/mol. The van der Waals surface area contributed by atoms with E-state index in [9.17, 15) is 4.79 Å². The molecule has 1 spiro atoms. The predicted octanol–water partition coefficient (Wildman–Crippen LogP) is 3.70. The zero-order chi connectivity index (χ0) is 14.0. The monoisotopic (exact) mass is 356 g/mol. The number of benzene rings is 1. The average Bonchev–Trinajstić information content (AvgIpc) is 2.89. The maximum atomic E-state index is 11.0. The minimum Gasteiger partial charge on any atom is -0.490 e. The number of carbonyl (C=O) groups is 1. The van der Waals surface area contributed by atoms with Crippen molar-refractivity contribution in [3.8, 4) is 5.75 Å². The summed E-state index contributed by atoms with van der Waals surface area (Å²) in [5.74, 6) is 3.02. The molecule has 0 aliphatic carbocycles. The Morgan fingerprint density at radius 3 is 3.15 bits per heavy atom. The maximum absolute atomic E-state index is 11.0. The molecule has 0 saturated carbocycles. The number of hydrogen-bond acceptors (Lipinski definition) is 4. The molecular formula is C15H17BrO3S. The van der Waals surface area contributed by atoms with E-state index in [0.29, 0.717) is 5.56 Å². The molecule has 3 rings (SSSR count). The Morgan fingerprint density at radius 2 is 2.40 bits per heavy atom. The number of halogens is 1. The first kappa shape index (κ1) is 14.4. The summed E-state index contributed by atoms with van der Waals surface area (Å²) in [6.45, 7) is 0.766. The highest BCUT2D eigenvalue weighted by Gasteiger charge is 2.41. The van der Waals surface area contributed by atoms with E-state index < -0.39 is 0 Å². The summed E-state index contributed by atoms with van der Waals surface area (Å²) in [5, 5.41) is 0. The van der Waals surface area contributed by atoms with Gasteiger partial charge in [-0.3, -0.25) is 4.79 Å². The highest BCUT2D eigenvalue weighted by molar-refractivity contribution is 9.10. The SMILES string of the molecule is O=Cc1cc(OC2CCOC3(CCSC3)C2)ccc1Br. The fraction of sp³-hybridized carbons (Fsp3) is 0.533. The molecule has 2 fully saturated rings. The van der Waals surface area contributed by atoms with E-state index in [1.165, 1.54) is 5.75 Å². The molecule has 2 aliphatic rings. The van der Waals surface area contributed by atoms with Gasteiger partial charge in [0.05, 0.1) is 12.2 Å². The van der Waals surface area contributed by atoms with Gasteiger partial charge < -0.3 is 9.47 Å². The number of carbonyl (C=O) groups excluding carboxylic acids is 1. The lowest BCUT2D eigenvalue weighted by Crippen LogP contribution is -2.43. The van der Waals surface area contributed by atoms with Gasteiger partial charge in [-0.1, -0.05) is 15.9 Å². The van der Waals surface area contributed by atoms with Crippen LogP contribution in [0.3, 0.4) is 0 Å². The van der Waals surface area contributed by atoms with Gasteiger partial charge in [-0.05, 0) is 30.4 Å². The van der Waals surface area contributed by atoms with Crippen molar-refractivity contribution < 1.29 is 14.3 Å². The standard InChI is InChI=1S/C15H17BrO3S/c16-14-2-1-12(7-11(14)9-17)19-13-3-5-18-15(8-13)4-6-20-10-15/h1-2,7,9,13H,3-6,8,10H2. The molecule has 5 heteroatoms. The van der Waals surface area contributed by atoms with Gasteiger partial charge in [0.25, 0.3) is 0 Å². The maximum Gasteiger partial charge on any atom is 0.151 e. The molecule has 2 saturated heterocycles. The Hall–Kier alpha value is -0.520. The molecule has 2 heterocycles. The van der Waals surface area contributed by atoms with E-state index in [2.05, 4.69) is 15.9 Å². The van der Waals surface area contributed by atoms with Crippen LogP contribution in [0, 0.1) is 0 Å². The lowest BCUT2D eigenvalue weighted by molar-refractivity contribution is -0.0959. The second kappa shape index (κ2) is 6.08. The van der Waals surface area contributed by atoms with Crippen molar-refractivity contribution in [1.82, 2.24) is 0 Å². The van der Waals surface area contributed by atoms with E-state index in [1.807, 2.05) is 23.9 Å². The van der Waals surface area contributed by atoms with E-state index in [-0.39, 0.29) is 11.7 Å². The molecule has 0 radical (unpaired) electrons. The van der Waals surface area contributed by atoms with Crippen molar-refractivity contribution in [2.45, 2.75) is 31.0 Å².